The van der Waals surface area contributed by atoms with E-state index in [1.807, 2.05) is 55.5 Å². The van der Waals surface area contributed by atoms with Gasteiger partial charge in [0.2, 0.25) is 11.8 Å². The highest BCUT2D eigenvalue weighted by Gasteiger charge is 2.16. The topological polar surface area (TPSA) is 69.4 Å². The summed E-state index contributed by atoms with van der Waals surface area (Å²) < 4.78 is 17.2. The number of hydrogen-bond donors (Lipinski definition) is 1. The van der Waals surface area contributed by atoms with Gasteiger partial charge in [0.1, 0.15) is 6.04 Å². The van der Waals surface area contributed by atoms with E-state index < -0.39 is 0 Å². The number of rotatable bonds is 4. The molecule has 2 heterocycles. The lowest BCUT2D eigenvalue weighted by molar-refractivity contribution is 0.297. The molecule has 0 bridgehead atoms. The minimum Gasteiger partial charge on any atom is -0.490 e. The predicted octanol–water partition coefficient (Wildman–Crippen LogP) is 4.07. The molecule has 3 aromatic rings. The summed E-state index contributed by atoms with van der Waals surface area (Å²) in [4.78, 5) is 0. The van der Waals surface area contributed by atoms with E-state index in [0.29, 0.717) is 25.0 Å². The zero-order chi connectivity index (χ0) is 17.1. The van der Waals surface area contributed by atoms with Crippen molar-refractivity contribution in [3.8, 4) is 23.0 Å². The molecule has 0 saturated carbocycles. The summed E-state index contributed by atoms with van der Waals surface area (Å²) in [6, 6.07) is 15.4. The molecule has 0 radical (unpaired) electrons. The van der Waals surface area contributed by atoms with Gasteiger partial charge in [0.25, 0.3) is 0 Å². The molecule has 0 fully saturated rings. The highest BCUT2D eigenvalue weighted by Crippen LogP contribution is 2.33. The van der Waals surface area contributed by atoms with E-state index in [1.165, 1.54) is 0 Å². The molecule has 0 aliphatic carbocycles. The molecule has 1 aliphatic heterocycles. The van der Waals surface area contributed by atoms with E-state index in [9.17, 15) is 0 Å². The van der Waals surface area contributed by atoms with Gasteiger partial charge in [-0.3, -0.25) is 0 Å². The van der Waals surface area contributed by atoms with Gasteiger partial charge < -0.3 is 19.2 Å². The summed E-state index contributed by atoms with van der Waals surface area (Å²) in [5, 5.41) is 11.6. The first-order valence-corrected chi connectivity index (χ1v) is 8.34. The number of nitrogens with zero attached hydrogens (tertiary/aromatic N) is 2. The van der Waals surface area contributed by atoms with Crippen LogP contribution in [0.15, 0.2) is 52.9 Å². The smallest absolute Gasteiger partial charge is 0.247 e. The van der Waals surface area contributed by atoms with Crippen molar-refractivity contribution in [3.63, 3.8) is 0 Å². The van der Waals surface area contributed by atoms with Crippen LogP contribution in [0.1, 0.15) is 25.3 Å². The van der Waals surface area contributed by atoms with E-state index in [4.69, 9.17) is 13.9 Å². The molecule has 0 spiro atoms. The monoisotopic (exact) mass is 337 g/mol. The summed E-state index contributed by atoms with van der Waals surface area (Å²) in [7, 11) is 0. The highest BCUT2D eigenvalue weighted by atomic mass is 16.5. The minimum absolute atomic E-state index is 0.130. The summed E-state index contributed by atoms with van der Waals surface area (Å²) in [5.41, 5.74) is 1.82. The van der Waals surface area contributed by atoms with E-state index >= 15 is 0 Å². The quantitative estimate of drug-likeness (QED) is 0.774. The Morgan fingerprint density at radius 1 is 0.960 bits per heavy atom. The number of benzene rings is 2. The lowest BCUT2D eigenvalue weighted by Gasteiger charge is -2.14. The maximum absolute atomic E-state index is 5.80. The van der Waals surface area contributed by atoms with Gasteiger partial charge in [-0.05, 0) is 31.2 Å². The molecule has 1 aromatic heterocycles. The fourth-order valence-corrected chi connectivity index (χ4v) is 2.67. The Morgan fingerprint density at radius 2 is 1.76 bits per heavy atom. The molecule has 1 atom stereocenters. The van der Waals surface area contributed by atoms with Gasteiger partial charge in [0, 0.05) is 23.7 Å². The second kappa shape index (κ2) is 6.84. The van der Waals surface area contributed by atoms with Crippen molar-refractivity contribution in [2.75, 3.05) is 18.5 Å². The fraction of sp³-hybridized carbons (Fsp3) is 0.263. The van der Waals surface area contributed by atoms with Crippen molar-refractivity contribution in [2.45, 2.75) is 19.4 Å². The molecule has 25 heavy (non-hydrogen) atoms. The van der Waals surface area contributed by atoms with Gasteiger partial charge in [0.05, 0.1) is 13.2 Å². The Kier molecular flexibility index (Phi) is 4.24. The first-order chi connectivity index (χ1) is 12.3. The third kappa shape index (κ3) is 3.42. The van der Waals surface area contributed by atoms with Crippen LogP contribution in [-0.2, 0) is 0 Å². The van der Waals surface area contributed by atoms with Crippen LogP contribution in [-0.4, -0.2) is 23.4 Å². The number of ether oxygens (including phenoxy) is 2. The maximum Gasteiger partial charge on any atom is 0.247 e. The maximum atomic E-state index is 5.80. The van der Waals surface area contributed by atoms with E-state index in [-0.39, 0.29) is 6.04 Å². The molecular formula is C19H19N3O3. The molecule has 128 valence electrons. The van der Waals surface area contributed by atoms with E-state index in [0.717, 1.165) is 29.2 Å². The van der Waals surface area contributed by atoms with Crippen LogP contribution >= 0.6 is 0 Å². The summed E-state index contributed by atoms with van der Waals surface area (Å²) in [6.07, 6.45) is 0.887. The van der Waals surface area contributed by atoms with Crippen molar-refractivity contribution in [1.29, 1.82) is 0 Å². The Labute approximate surface area is 145 Å². The van der Waals surface area contributed by atoms with Crippen molar-refractivity contribution in [3.05, 3.63) is 54.4 Å². The van der Waals surface area contributed by atoms with Crippen molar-refractivity contribution in [2.24, 2.45) is 0 Å². The Hall–Kier alpha value is -3.02. The summed E-state index contributed by atoms with van der Waals surface area (Å²) in [5.74, 6) is 2.58. The Bertz CT molecular complexity index is 848. The number of aromatic nitrogens is 2. The third-order valence-electron chi connectivity index (χ3n) is 3.96. The van der Waals surface area contributed by atoms with Crippen LogP contribution < -0.4 is 14.8 Å². The minimum atomic E-state index is -0.130. The molecule has 6 heteroatoms. The van der Waals surface area contributed by atoms with Gasteiger partial charge in [0.15, 0.2) is 11.5 Å². The van der Waals surface area contributed by atoms with Crippen molar-refractivity contribution < 1.29 is 13.9 Å². The molecule has 0 saturated heterocycles. The second-order valence-corrected chi connectivity index (χ2v) is 5.89. The molecule has 0 amide bonds. The molecule has 1 N–H and O–H groups in total. The normalized spacial score (nSPS) is 14.6. The van der Waals surface area contributed by atoms with Crippen LogP contribution in [0.5, 0.6) is 11.5 Å². The molecular weight excluding hydrogens is 318 g/mol. The molecule has 4 rings (SSSR count). The molecule has 6 nitrogen and oxygen atoms in total. The van der Waals surface area contributed by atoms with Crippen LogP contribution in [0.3, 0.4) is 0 Å². The molecule has 1 aliphatic rings. The van der Waals surface area contributed by atoms with Crippen molar-refractivity contribution >= 4 is 5.69 Å². The van der Waals surface area contributed by atoms with Crippen molar-refractivity contribution in [1.82, 2.24) is 10.2 Å². The van der Waals surface area contributed by atoms with Crippen LogP contribution in [0.25, 0.3) is 11.5 Å². The fourth-order valence-electron chi connectivity index (χ4n) is 2.67. The standard InChI is InChI=1S/C19H19N3O3/c1-13(18-21-22-19(25-18)14-6-3-2-4-7-14)20-15-8-9-16-17(12-15)24-11-5-10-23-16/h2-4,6-9,12-13,20H,5,10-11H2,1H3. The molecule has 1 unspecified atom stereocenters. The van der Waals surface area contributed by atoms with Crippen LogP contribution in [0.2, 0.25) is 0 Å². The predicted molar refractivity (Wildman–Crippen MR) is 93.8 cm³/mol. The SMILES string of the molecule is CC(Nc1ccc2c(c1)OCCCO2)c1nnc(-c2ccccc2)o1. The largest absolute Gasteiger partial charge is 0.490 e. The lowest BCUT2D eigenvalue weighted by atomic mass is 10.2. The number of hydrogen-bond acceptors (Lipinski definition) is 6. The molecule has 2 aromatic carbocycles. The zero-order valence-electron chi connectivity index (χ0n) is 13.9. The average molecular weight is 337 g/mol. The third-order valence-corrected chi connectivity index (χ3v) is 3.96. The lowest BCUT2D eigenvalue weighted by Crippen LogP contribution is -2.07. The first-order valence-electron chi connectivity index (χ1n) is 8.34. The first kappa shape index (κ1) is 15.5. The van der Waals surface area contributed by atoms with Gasteiger partial charge >= 0.3 is 0 Å². The van der Waals surface area contributed by atoms with Gasteiger partial charge in [-0.1, -0.05) is 18.2 Å². The second-order valence-electron chi connectivity index (χ2n) is 5.89. The van der Waals surface area contributed by atoms with Gasteiger partial charge in [-0.25, -0.2) is 0 Å². The van der Waals surface area contributed by atoms with Crippen LogP contribution in [0, 0.1) is 0 Å². The van der Waals surface area contributed by atoms with Gasteiger partial charge in [-0.2, -0.15) is 0 Å². The number of anilines is 1. The number of fused-ring (bicyclic) bond motifs is 1. The number of nitrogens with one attached hydrogen (secondary N) is 1. The van der Waals surface area contributed by atoms with Gasteiger partial charge in [-0.15, -0.1) is 10.2 Å². The van der Waals surface area contributed by atoms with E-state index in [2.05, 4.69) is 15.5 Å². The zero-order valence-corrected chi connectivity index (χ0v) is 13.9. The van der Waals surface area contributed by atoms with E-state index in [1.54, 1.807) is 0 Å². The Morgan fingerprint density at radius 3 is 2.60 bits per heavy atom. The van der Waals surface area contributed by atoms with Crippen LogP contribution in [0.4, 0.5) is 5.69 Å². The average Bonchev–Trinajstić information content (AvgIpc) is 3.03. The Balaban J connectivity index is 1.50. The summed E-state index contributed by atoms with van der Waals surface area (Å²) >= 11 is 0. The summed E-state index contributed by atoms with van der Waals surface area (Å²) in [6.45, 7) is 3.32. The highest BCUT2D eigenvalue weighted by molar-refractivity contribution is 5.56.